The SMILES string of the molecule is O=C(c1cccs1)N1CC[NH+](C2CCCCCC2)CC1. The van der Waals surface area contributed by atoms with Gasteiger partial charge in [0.15, 0.2) is 0 Å². The van der Waals surface area contributed by atoms with Crippen LogP contribution in [0.1, 0.15) is 48.2 Å². The molecule has 2 heterocycles. The minimum atomic E-state index is 0.236. The zero-order chi connectivity index (χ0) is 13.8. The summed E-state index contributed by atoms with van der Waals surface area (Å²) in [5.41, 5.74) is 0. The molecule has 1 saturated carbocycles. The van der Waals surface area contributed by atoms with E-state index >= 15 is 0 Å². The van der Waals surface area contributed by atoms with Crippen LogP contribution in [-0.2, 0) is 0 Å². The number of carbonyl (C=O) groups excluding carboxylic acids is 1. The lowest BCUT2D eigenvalue weighted by Crippen LogP contribution is -3.18. The van der Waals surface area contributed by atoms with E-state index < -0.39 is 0 Å². The van der Waals surface area contributed by atoms with Crippen LogP contribution in [0.15, 0.2) is 17.5 Å². The smallest absolute Gasteiger partial charge is 0.264 e. The largest absolute Gasteiger partial charge is 0.330 e. The van der Waals surface area contributed by atoms with Gasteiger partial charge in [0.05, 0.1) is 37.1 Å². The Labute approximate surface area is 125 Å². The second-order valence-corrected chi connectivity index (χ2v) is 7.06. The third-order valence-corrected chi connectivity index (χ3v) is 5.72. The molecule has 0 spiro atoms. The highest BCUT2D eigenvalue weighted by Crippen LogP contribution is 2.16. The van der Waals surface area contributed by atoms with Gasteiger partial charge in [0.2, 0.25) is 0 Å². The maximum Gasteiger partial charge on any atom is 0.264 e. The van der Waals surface area contributed by atoms with Gasteiger partial charge >= 0.3 is 0 Å². The van der Waals surface area contributed by atoms with Gasteiger partial charge in [-0.3, -0.25) is 4.79 Å². The van der Waals surface area contributed by atoms with Crippen LogP contribution in [0.2, 0.25) is 0 Å². The zero-order valence-corrected chi connectivity index (χ0v) is 13.0. The Morgan fingerprint density at radius 2 is 1.85 bits per heavy atom. The van der Waals surface area contributed by atoms with E-state index in [1.54, 1.807) is 16.2 Å². The number of rotatable bonds is 2. The topological polar surface area (TPSA) is 24.8 Å². The number of carbonyl (C=O) groups is 1. The van der Waals surface area contributed by atoms with Crippen LogP contribution in [0.4, 0.5) is 0 Å². The highest BCUT2D eigenvalue weighted by molar-refractivity contribution is 7.12. The van der Waals surface area contributed by atoms with Gasteiger partial charge in [-0.25, -0.2) is 0 Å². The highest BCUT2D eigenvalue weighted by atomic mass is 32.1. The Bertz CT molecular complexity index is 416. The molecule has 1 aliphatic carbocycles. The lowest BCUT2D eigenvalue weighted by atomic mass is 10.1. The first-order valence-electron chi connectivity index (χ1n) is 8.02. The quantitative estimate of drug-likeness (QED) is 0.827. The first kappa shape index (κ1) is 14.1. The minimum absolute atomic E-state index is 0.236. The number of quaternary nitrogens is 1. The Morgan fingerprint density at radius 3 is 2.45 bits per heavy atom. The van der Waals surface area contributed by atoms with E-state index in [2.05, 4.69) is 0 Å². The molecule has 1 aromatic rings. The number of hydrogen-bond donors (Lipinski definition) is 1. The summed E-state index contributed by atoms with van der Waals surface area (Å²) in [5.74, 6) is 0.236. The minimum Gasteiger partial charge on any atom is -0.330 e. The number of hydrogen-bond acceptors (Lipinski definition) is 2. The molecule has 1 saturated heterocycles. The summed E-state index contributed by atoms with van der Waals surface area (Å²) < 4.78 is 0. The average molecular weight is 293 g/mol. The highest BCUT2D eigenvalue weighted by Gasteiger charge is 2.30. The zero-order valence-electron chi connectivity index (χ0n) is 12.1. The predicted molar refractivity (Wildman–Crippen MR) is 82.4 cm³/mol. The van der Waals surface area contributed by atoms with Gasteiger partial charge in [-0.2, -0.15) is 0 Å². The molecule has 2 aliphatic rings. The van der Waals surface area contributed by atoms with Crippen molar-refractivity contribution in [3.63, 3.8) is 0 Å². The molecule has 1 amide bonds. The summed E-state index contributed by atoms with van der Waals surface area (Å²) in [6, 6.07) is 4.76. The Balaban J connectivity index is 1.52. The average Bonchev–Trinajstić information content (AvgIpc) is 2.89. The summed E-state index contributed by atoms with van der Waals surface area (Å²) in [6.07, 6.45) is 8.46. The molecule has 3 nitrogen and oxygen atoms in total. The van der Waals surface area contributed by atoms with E-state index in [9.17, 15) is 4.79 Å². The van der Waals surface area contributed by atoms with E-state index in [1.807, 2.05) is 22.4 Å². The Kier molecular flexibility index (Phi) is 4.73. The van der Waals surface area contributed by atoms with Gasteiger partial charge in [0.1, 0.15) is 0 Å². The molecule has 0 atom stereocenters. The lowest BCUT2D eigenvalue weighted by Gasteiger charge is -2.36. The number of nitrogens with one attached hydrogen (secondary N) is 1. The summed E-state index contributed by atoms with van der Waals surface area (Å²) >= 11 is 1.56. The van der Waals surface area contributed by atoms with Gasteiger partial charge in [0, 0.05) is 0 Å². The van der Waals surface area contributed by atoms with E-state index in [4.69, 9.17) is 0 Å². The first-order chi connectivity index (χ1) is 9.84. The lowest BCUT2D eigenvalue weighted by molar-refractivity contribution is -0.929. The maximum absolute atomic E-state index is 12.3. The second-order valence-electron chi connectivity index (χ2n) is 6.12. The molecule has 4 heteroatoms. The summed E-state index contributed by atoms with van der Waals surface area (Å²) in [6.45, 7) is 4.15. The second kappa shape index (κ2) is 6.72. The molecule has 0 bridgehead atoms. The van der Waals surface area contributed by atoms with Crippen molar-refractivity contribution in [3.8, 4) is 0 Å². The predicted octanol–water partition coefficient (Wildman–Crippen LogP) is 1.81. The molecule has 20 heavy (non-hydrogen) atoms. The van der Waals surface area contributed by atoms with E-state index in [0.29, 0.717) is 0 Å². The Morgan fingerprint density at radius 1 is 1.15 bits per heavy atom. The van der Waals surface area contributed by atoms with Crippen LogP contribution in [-0.4, -0.2) is 43.0 Å². The van der Waals surface area contributed by atoms with Gasteiger partial charge in [0.25, 0.3) is 5.91 Å². The van der Waals surface area contributed by atoms with Crippen molar-refractivity contribution in [2.75, 3.05) is 26.2 Å². The molecule has 2 fully saturated rings. The molecule has 1 aromatic heterocycles. The van der Waals surface area contributed by atoms with Crippen LogP contribution >= 0.6 is 11.3 Å². The Hall–Kier alpha value is -0.870. The standard InChI is InChI=1S/C16H24N2OS/c19-16(15-8-5-13-20-15)18-11-9-17(10-12-18)14-6-3-1-2-4-7-14/h5,8,13-14H,1-4,6-7,9-12H2/p+1. The van der Waals surface area contributed by atoms with E-state index in [1.165, 1.54) is 38.5 Å². The van der Waals surface area contributed by atoms with Crippen molar-refractivity contribution in [1.29, 1.82) is 0 Å². The van der Waals surface area contributed by atoms with Gasteiger partial charge in [-0.1, -0.05) is 18.9 Å². The van der Waals surface area contributed by atoms with Crippen molar-refractivity contribution in [2.24, 2.45) is 0 Å². The number of nitrogens with zero attached hydrogens (tertiary/aromatic N) is 1. The van der Waals surface area contributed by atoms with Crippen LogP contribution in [0, 0.1) is 0 Å². The fourth-order valence-corrected chi connectivity index (χ4v) is 4.34. The van der Waals surface area contributed by atoms with Crippen molar-refractivity contribution in [2.45, 2.75) is 44.6 Å². The van der Waals surface area contributed by atoms with Crippen molar-refractivity contribution in [3.05, 3.63) is 22.4 Å². The number of piperazine rings is 1. The fraction of sp³-hybridized carbons (Fsp3) is 0.688. The monoisotopic (exact) mass is 293 g/mol. The van der Waals surface area contributed by atoms with Crippen LogP contribution < -0.4 is 4.90 Å². The first-order valence-corrected chi connectivity index (χ1v) is 8.90. The molecular weight excluding hydrogens is 268 g/mol. The molecule has 1 aliphatic heterocycles. The third kappa shape index (κ3) is 3.23. The van der Waals surface area contributed by atoms with Gasteiger partial charge < -0.3 is 9.80 Å². The van der Waals surface area contributed by atoms with Crippen molar-refractivity contribution < 1.29 is 9.69 Å². The summed E-state index contributed by atoms with van der Waals surface area (Å²) in [4.78, 5) is 17.0. The molecule has 0 unspecified atom stereocenters. The van der Waals surface area contributed by atoms with Gasteiger partial charge in [-0.15, -0.1) is 11.3 Å². The summed E-state index contributed by atoms with van der Waals surface area (Å²) in [5, 5.41) is 1.99. The van der Waals surface area contributed by atoms with Crippen LogP contribution in [0.5, 0.6) is 0 Å². The molecule has 110 valence electrons. The normalized spacial score (nSPS) is 22.7. The van der Waals surface area contributed by atoms with Crippen molar-refractivity contribution >= 4 is 17.2 Å². The van der Waals surface area contributed by atoms with Gasteiger partial charge in [-0.05, 0) is 37.1 Å². The van der Waals surface area contributed by atoms with Crippen molar-refractivity contribution in [1.82, 2.24) is 4.90 Å². The van der Waals surface area contributed by atoms with E-state index in [0.717, 1.165) is 37.1 Å². The van der Waals surface area contributed by atoms with Crippen LogP contribution in [0.25, 0.3) is 0 Å². The molecular formula is C16H25N2OS+. The number of thiophene rings is 1. The van der Waals surface area contributed by atoms with Crippen LogP contribution in [0.3, 0.4) is 0 Å². The summed E-state index contributed by atoms with van der Waals surface area (Å²) in [7, 11) is 0. The maximum atomic E-state index is 12.3. The fourth-order valence-electron chi connectivity index (χ4n) is 3.65. The third-order valence-electron chi connectivity index (χ3n) is 4.86. The van der Waals surface area contributed by atoms with E-state index in [-0.39, 0.29) is 5.91 Å². The number of amides is 1. The molecule has 0 aromatic carbocycles. The molecule has 3 rings (SSSR count). The molecule has 0 radical (unpaired) electrons. The molecule has 1 N–H and O–H groups in total.